The molecule has 1 aromatic rings. The first-order chi connectivity index (χ1) is 7.16. The summed E-state index contributed by atoms with van der Waals surface area (Å²) in [4.78, 5) is 10.1. The lowest BCUT2D eigenvalue weighted by Crippen LogP contribution is -2.42. The van der Waals surface area contributed by atoms with E-state index in [0.717, 1.165) is 25.3 Å². The molecule has 2 atom stereocenters. The molecule has 1 fully saturated rings. The highest BCUT2D eigenvalue weighted by Gasteiger charge is 2.24. The molecule has 15 heavy (non-hydrogen) atoms. The summed E-state index contributed by atoms with van der Waals surface area (Å²) in [5.74, 6) is 1.11. The van der Waals surface area contributed by atoms with Crippen molar-refractivity contribution < 1.29 is 5.11 Å². The molecule has 1 aromatic heterocycles. The molecule has 0 unspecified atom stereocenters. The van der Waals surface area contributed by atoms with Gasteiger partial charge < -0.3 is 10.0 Å². The van der Waals surface area contributed by atoms with Gasteiger partial charge in [-0.25, -0.2) is 9.97 Å². The number of rotatable bonds is 1. The molecule has 1 N–H and O–H groups in total. The fourth-order valence-corrected chi connectivity index (χ4v) is 1.98. The third-order valence-corrected chi connectivity index (χ3v) is 3.01. The molecular weight excluding hydrogens is 214 g/mol. The second-order valence-electron chi connectivity index (χ2n) is 3.98. The Morgan fingerprint density at radius 1 is 1.53 bits per heavy atom. The second kappa shape index (κ2) is 4.33. The van der Waals surface area contributed by atoms with Gasteiger partial charge in [-0.1, -0.05) is 18.5 Å². The summed E-state index contributed by atoms with van der Waals surface area (Å²) in [5.41, 5.74) is 0. The van der Waals surface area contributed by atoms with Crippen LogP contribution in [0.5, 0.6) is 0 Å². The topological polar surface area (TPSA) is 49.2 Å². The van der Waals surface area contributed by atoms with E-state index in [1.54, 1.807) is 6.07 Å². The van der Waals surface area contributed by atoms with Gasteiger partial charge in [0.05, 0.1) is 6.10 Å². The van der Waals surface area contributed by atoms with Gasteiger partial charge in [-0.15, -0.1) is 0 Å². The Morgan fingerprint density at radius 3 is 3.00 bits per heavy atom. The summed E-state index contributed by atoms with van der Waals surface area (Å²) >= 11 is 5.80. The number of aliphatic hydroxyl groups excluding tert-OH is 1. The van der Waals surface area contributed by atoms with E-state index in [4.69, 9.17) is 11.6 Å². The third kappa shape index (κ3) is 2.38. The largest absolute Gasteiger partial charge is 0.393 e. The highest BCUT2D eigenvalue weighted by atomic mass is 35.5. The number of hydrogen-bond acceptors (Lipinski definition) is 4. The van der Waals surface area contributed by atoms with Gasteiger partial charge in [0.25, 0.3) is 0 Å². The van der Waals surface area contributed by atoms with Gasteiger partial charge in [0, 0.05) is 19.2 Å². The molecule has 0 aliphatic carbocycles. The molecule has 0 bridgehead atoms. The number of aromatic nitrogens is 2. The summed E-state index contributed by atoms with van der Waals surface area (Å²) in [5, 5.41) is 10.1. The minimum atomic E-state index is -0.196. The summed E-state index contributed by atoms with van der Waals surface area (Å²) in [7, 11) is 0. The van der Waals surface area contributed by atoms with Gasteiger partial charge in [-0.3, -0.25) is 0 Å². The zero-order valence-corrected chi connectivity index (χ0v) is 9.35. The van der Waals surface area contributed by atoms with Crippen LogP contribution in [-0.4, -0.2) is 34.3 Å². The third-order valence-electron chi connectivity index (χ3n) is 2.80. The predicted molar refractivity (Wildman–Crippen MR) is 59.0 cm³/mol. The van der Waals surface area contributed by atoms with E-state index in [1.165, 1.54) is 6.33 Å². The molecule has 0 amide bonds. The minimum Gasteiger partial charge on any atom is -0.393 e. The lowest BCUT2D eigenvalue weighted by Gasteiger charge is -2.35. The van der Waals surface area contributed by atoms with Crippen molar-refractivity contribution in [2.75, 3.05) is 18.0 Å². The van der Waals surface area contributed by atoms with E-state index in [9.17, 15) is 5.11 Å². The maximum absolute atomic E-state index is 9.61. The van der Waals surface area contributed by atoms with Crippen molar-refractivity contribution in [1.29, 1.82) is 0 Å². The van der Waals surface area contributed by atoms with Crippen LogP contribution >= 0.6 is 11.6 Å². The Balaban J connectivity index is 2.12. The molecule has 4 nitrogen and oxygen atoms in total. The number of hydrogen-bond donors (Lipinski definition) is 1. The Morgan fingerprint density at radius 2 is 2.33 bits per heavy atom. The number of anilines is 1. The molecule has 2 rings (SSSR count). The van der Waals surface area contributed by atoms with E-state index in [0.29, 0.717) is 5.15 Å². The Kier molecular flexibility index (Phi) is 3.07. The zero-order chi connectivity index (χ0) is 10.8. The van der Waals surface area contributed by atoms with E-state index in [-0.39, 0.29) is 12.0 Å². The van der Waals surface area contributed by atoms with Crippen molar-refractivity contribution in [3.63, 3.8) is 0 Å². The molecule has 1 aliphatic rings. The van der Waals surface area contributed by atoms with Crippen LogP contribution in [0.25, 0.3) is 0 Å². The molecule has 0 saturated carbocycles. The second-order valence-corrected chi connectivity index (χ2v) is 4.37. The van der Waals surface area contributed by atoms with Crippen molar-refractivity contribution >= 4 is 17.4 Å². The van der Waals surface area contributed by atoms with Crippen LogP contribution in [0.3, 0.4) is 0 Å². The minimum absolute atomic E-state index is 0.196. The number of aliphatic hydroxyl groups is 1. The average molecular weight is 228 g/mol. The monoisotopic (exact) mass is 227 g/mol. The van der Waals surface area contributed by atoms with Crippen LogP contribution in [0, 0.1) is 5.92 Å². The fourth-order valence-electron chi connectivity index (χ4n) is 1.84. The Labute approximate surface area is 93.9 Å². The SMILES string of the molecule is C[C@H]1CN(c2cc(Cl)ncn2)CC[C@@H]1O. The molecule has 1 aliphatic heterocycles. The molecular formula is C10H14ClN3O. The highest BCUT2D eigenvalue weighted by molar-refractivity contribution is 6.29. The van der Waals surface area contributed by atoms with Crippen LogP contribution in [-0.2, 0) is 0 Å². The van der Waals surface area contributed by atoms with E-state index < -0.39 is 0 Å². The standard InChI is InChI=1S/C10H14ClN3O/c1-7-5-14(3-2-8(7)15)10-4-9(11)12-6-13-10/h4,6-8,15H,2-3,5H2,1H3/t7-,8-/m0/s1. The normalized spacial score (nSPS) is 26.7. The number of halogens is 1. The van der Waals surface area contributed by atoms with Crippen molar-refractivity contribution in [2.45, 2.75) is 19.4 Å². The van der Waals surface area contributed by atoms with Gasteiger partial charge >= 0.3 is 0 Å². The quantitative estimate of drug-likeness (QED) is 0.736. The van der Waals surface area contributed by atoms with E-state index in [1.807, 2.05) is 6.92 Å². The smallest absolute Gasteiger partial charge is 0.134 e. The maximum Gasteiger partial charge on any atom is 0.134 e. The molecule has 0 radical (unpaired) electrons. The molecule has 1 saturated heterocycles. The highest BCUT2D eigenvalue weighted by Crippen LogP contribution is 2.22. The van der Waals surface area contributed by atoms with Crippen molar-refractivity contribution in [3.8, 4) is 0 Å². The summed E-state index contributed by atoms with van der Waals surface area (Å²) < 4.78 is 0. The van der Waals surface area contributed by atoms with Crippen molar-refractivity contribution in [2.24, 2.45) is 5.92 Å². The predicted octanol–water partition coefficient (Wildman–Crippen LogP) is 1.34. The average Bonchev–Trinajstić information content (AvgIpc) is 2.22. The first kappa shape index (κ1) is 10.6. The van der Waals surface area contributed by atoms with Crippen molar-refractivity contribution in [1.82, 2.24) is 9.97 Å². The number of nitrogens with zero attached hydrogens (tertiary/aromatic N) is 3. The Hall–Kier alpha value is -0.870. The van der Waals surface area contributed by atoms with Crippen LogP contribution in [0.1, 0.15) is 13.3 Å². The molecule has 2 heterocycles. The first-order valence-corrected chi connectivity index (χ1v) is 5.45. The van der Waals surface area contributed by atoms with E-state index >= 15 is 0 Å². The molecule has 0 aromatic carbocycles. The van der Waals surface area contributed by atoms with Crippen LogP contribution < -0.4 is 4.90 Å². The fraction of sp³-hybridized carbons (Fsp3) is 0.600. The van der Waals surface area contributed by atoms with Crippen LogP contribution in [0.4, 0.5) is 5.82 Å². The van der Waals surface area contributed by atoms with Gasteiger partial charge in [-0.2, -0.15) is 0 Å². The molecule has 5 heteroatoms. The zero-order valence-electron chi connectivity index (χ0n) is 8.60. The summed E-state index contributed by atoms with van der Waals surface area (Å²) in [6.45, 7) is 3.67. The van der Waals surface area contributed by atoms with Crippen LogP contribution in [0.15, 0.2) is 12.4 Å². The molecule has 82 valence electrons. The van der Waals surface area contributed by atoms with Gasteiger partial charge in [0.15, 0.2) is 0 Å². The number of piperidine rings is 1. The van der Waals surface area contributed by atoms with Gasteiger partial charge in [-0.05, 0) is 12.3 Å². The summed E-state index contributed by atoms with van der Waals surface area (Å²) in [6, 6.07) is 1.76. The van der Waals surface area contributed by atoms with Crippen molar-refractivity contribution in [3.05, 3.63) is 17.5 Å². The lowest BCUT2D eigenvalue weighted by molar-refractivity contribution is 0.0969. The summed E-state index contributed by atoms with van der Waals surface area (Å²) in [6.07, 6.45) is 2.05. The van der Waals surface area contributed by atoms with Gasteiger partial charge in [0.1, 0.15) is 17.3 Å². The van der Waals surface area contributed by atoms with Gasteiger partial charge in [0.2, 0.25) is 0 Å². The van der Waals surface area contributed by atoms with Crippen LogP contribution in [0.2, 0.25) is 5.15 Å². The lowest BCUT2D eigenvalue weighted by atomic mass is 9.97. The molecule has 0 spiro atoms. The first-order valence-electron chi connectivity index (χ1n) is 5.07. The Bertz CT molecular complexity index is 347. The van der Waals surface area contributed by atoms with E-state index in [2.05, 4.69) is 14.9 Å². The maximum atomic E-state index is 9.61.